The Labute approximate surface area is 135 Å². The van der Waals surface area contributed by atoms with Crippen LogP contribution in [0.1, 0.15) is 31.7 Å². The Bertz CT molecular complexity index is 622. The van der Waals surface area contributed by atoms with Gasteiger partial charge in [-0.2, -0.15) is 4.99 Å². The van der Waals surface area contributed by atoms with E-state index in [1.54, 1.807) is 7.11 Å². The van der Waals surface area contributed by atoms with Gasteiger partial charge in [-0.25, -0.2) is 0 Å². The number of benzene rings is 1. The van der Waals surface area contributed by atoms with Crippen LogP contribution in [-0.4, -0.2) is 35.7 Å². The highest BCUT2D eigenvalue weighted by atomic mass is 32.2. The Morgan fingerprint density at radius 1 is 1.32 bits per heavy atom. The number of amides is 1. The van der Waals surface area contributed by atoms with Gasteiger partial charge in [0.2, 0.25) is 0 Å². The summed E-state index contributed by atoms with van der Waals surface area (Å²) in [6.45, 7) is 3.20. The van der Waals surface area contributed by atoms with Crippen LogP contribution in [0.15, 0.2) is 34.2 Å². The van der Waals surface area contributed by atoms with Crippen molar-refractivity contribution in [1.29, 1.82) is 0 Å². The molecule has 1 fully saturated rings. The predicted octanol–water partition coefficient (Wildman–Crippen LogP) is 3.54. The van der Waals surface area contributed by atoms with Crippen molar-refractivity contribution in [3.05, 3.63) is 34.7 Å². The summed E-state index contributed by atoms with van der Waals surface area (Å²) in [7, 11) is 1.64. The zero-order chi connectivity index (χ0) is 15.5. The normalized spacial score (nSPS) is 23.8. The smallest absolute Gasteiger partial charge is 0.286 e. The minimum Gasteiger partial charge on any atom is -0.497 e. The third kappa shape index (κ3) is 3.19. The highest BCUT2D eigenvalue weighted by Gasteiger charge is 2.29. The summed E-state index contributed by atoms with van der Waals surface area (Å²) >= 11 is 1.49. The van der Waals surface area contributed by atoms with E-state index < -0.39 is 0 Å². The molecule has 4 nitrogen and oxygen atoms in total. The second-order valence-electron chi connectivity index (χ2n) is 5.62. The van der Waals surface area contributed by atoms with Gasteiger partial charge in [0.1, 0.15) is 5.75 Å². The van der Waals surface area contributed by atoms with E-state index >= 15 is 0 Å². The third-order valence-corrected chi connectivity index (χ3v) is 5.09. The lowest BCUT2D eigenvalue weighted by Crippen LogP contribution is -2.40. The van der Waals surface area contributed by atoms with E-state index in [-0.39, 0.29) is 5.91 Å². The Balaban J connectivity index is 1.74. The predicted molar refractivity (Wildman–Crippen MR) is 91.0 cm³/mol. The minimum atomic E-state index is -0.131. The maximum absolute atomic E-state index is 12.1. The SMILES string of the molecule is COc1ccc(/C=C2/SC(N3CCCC[C@@H]3C)=NC2=O)cc1. The Hall–Kier alpha value is -1.75. The molecule has 22 heavy (non-hydrogen) atoms. The van der Waals surface area contributed by atoms with Gasteiger partial charge in [0.15, 0.2) is 5.17 Å². The van der Waals surface area contributed by atoms with Crippen molar-refractivity contribution in [2.24, 2.45) is 4.99 Å². The van der Waals surface area contributed by atoms with Crippen LogP contribution in [0.25, 0.3) is 6.08 Å². The fourth-order valence-corrected chi connectivity index (χ4v) is 3.80. The molecule has 2 aliphatic rings. The molecule has 1 amide bonds. The largest absolute Gasteiger partial charge is 0.497 e. The molecule has 0 bridgehead atoms. The van der Waals surface area contributed by atoms with Gasteiger partial charge in [0, 0.05) is 12.6 Å². The Kier molecular flexibility index (Phi) is 4.52. The van der Waals surface area contributed by atoms with Crippen LogP contribution in [0.4, 0.5) is 0 Å². The zero-order valence-electron chi connectivity index (χ0n) is 12.9. The summed E-state index contributed by atoms with van der Waals surface area (Å²) < 4.78 is 5.15. The molecule has 0 unspecified atom stereocenters. The number of amidine groups is 1. The molecule has 5 heteroatoms. The summed E-state index contributed by atoms with van der Waals surface area (Å²) in [5.41, 5.74) is 0.986. The fraction of sp³-hybridized carbons (Fsp3) is 0.412. The molecule has 1 aromatic carbocycles. The van der Waals surface area contributed by atoms with Gasteiger partial charge < -0.3 is 9.64 Å². The standard InChI is InChI=1S/C17H20N2O2S/c1-12-5-3-4-10-19(12)17-18-16(20)15(22-17)11-13-6-8-14(21-2)9-7-13/h6-9,11-12H,3-5,10H2,1-2H3/b15-11+/t12-/m0/s1. The number of hydrogen-bond donors (Lipinski definition) is 0. The van der Waals surface area contributed by atoms with E-state index in [1.165, 1.54) is 31.0 Å². The number of ether oxygens (including phenoxy) is 1. The quantitative estimate of drug-likeness (QED) is 0.783. The first-order chi connectivity index (χ1) is 10.7. The van der Waals surface area contributed by atoms with Crippen molar-refractivity contribution < 1.29 is 9.53 Å². The number of carbonyl (C=O) groups is 1. The molecule has 2 heterocycles. The number of nitrogens with zero attached hydrogens (tertiary/aromatic N) is 2. The zero-order valence-corrected chi connectivity index (χ0v) is 13.7. The van der Waals surface area contributed by atoms with E-state index in [4.69, 9.17) is 4.74 Å². The van der Waals surface area contributed by atoms with Gasteiger partial charge in [-0.1, -0.05) is 12.1 Å². The first-order valence-electron chi connectivity index (χ1n) is 7.60. The van der Waals surface area contributed by atoms with Crippen molar-refractivity contribution in [3.63, 3.8) is 0 Å². The maximum atomic E-state index is 12.1. The van der Waals surface area contributed by atoms with Crippen molar-refractivity contribution in [1.82, 2.24) is 4.90 Å². The maximum Gasteiger partial charge on any atom is 0.286 e. The summed E-state index contributed by atoms with van der Waals surface area (Å²) in [6.07, 6.45) is 5.51. The second kappa shape index (κ2) is 6.57. The van der Waals surface area contributed by atoms with Crippen LogP contribution in [0.5, 0.6) is 5.75 Å². The molecular weight excluding hydrogens is 296 g/mol. The fourth-order valence-electron chi connectivity index (χ4n) is 2.75. The minimum absolute atomic E-state index is 0.131. The summed E-state index contributed by atoms with van der Waals surface area (Å²) in [4.78, 5) is 19.3. The molecule has 1 saturated heterocycles. The molecule has 3 rings (SSSR count). The molecule has 2 aliphatic heterocycles. The molecule has 0 aliphatic carbocycles. The van der Waals surface area contributed by atoms with Gasteiger partial charge in [0.25, 0.3) is 5.91 Å². The Morgan fingerprint density at radius 2 is 2.09 bits per heavy atom. The Morgan fingerprint density at radius 3 is 2.77 bits per heavy atom. The molecule has 0 aromatic heterocycles. The summed E-state index contributed by atoms with van der Waals surface area (Å²) in [6, 6.07) is 8.14. The molecule has 0 spiro atoms. The van der Waals surface area contributed by atoms with Gasteiger partial charge in [-0.3, -0.25) is 4.79 Å². The second-order valence-corrected chi connectivity index (χ2v) is 6.63. The van der Waals surface area contributed by atoms with E-state index in [1.807, 2.05) is 30.3 Å². The van der Waals surface area contributed by atoms with Crippen LogP contribution < -0.4 is 4.74 Å². The van der Waals surface area contributed by atoms with Crippen LogP contribution >= 0.6 is 11.8 Å². The van der Waals surface area contributed by atoms with Crippen LogP contribution in [-0.2, 0) is 4.79 Å². The number of rotatable bonds is 2. The van der Waals surface area contributed by atoms with E-state index in [0.29, 0.717) is 10.9 Å². The van der Waals surface area contributed by atoms with Gasteiger partial charge in [0.05, 0.1) is 12.0 Å². The van der Waals surface area contributed by atoms with E-state index in [0.717, 1.165) is 23.0 Å². The highest BCUT2D eigenvalue weighted by molar-refractivity contribution is 8.18. The first kappa shape index (κ1) is 15.2. The number of likely N-dealkylation sites (tertiary alicyclic amines) is 1. The number of carbonyl (C=O) groups excluding carboxylic acids is 1. The van der Waals surface area contributed by atoms with Crippen molar-refractivity contribution >= 4 is 28.9 Å². The summed E-state index contributed by atoms with van der Waals surface area (Å²) in [5, 5.41) is 0.858. The number of aliphatic imine (C=N–C) groups is 1. The average Bonchev–Trinajstić information content (AvgIpc) is 2.89. The molecule has 0 N–H and O–H groups in total. The highest BCUT2D eigenvalue weighted by Crippen LogP contribution is 2.33. The molecule has 116 valence electrons. The number of methoxy groups -OCH3 is 1. The molecule has 0 saturated carbocycles. The van der Waals surface area contributed by atoms with Crippen LogP contribution in [0.2, 0.25) is 0 Å². The number of hydrogen-bond acceptors (Lipinski definition) is 4. The lowest BCUT2D eigenvalue weighted by Gasteiger charge is -2.34. The molecule has 1 atom stereocenters. The molecular formula is C17H20N2O2S. The van der Waals surface area contributed by atoms with Crippen molar-refractivity contribution in [2.45, 2.75) is 32.2 Å². The van der Waals surface area contributed by atoms with Crippen molar-refractivity contribution in [3.8, 4) is 5.75 Å². The lowest BCUT2D eigenvalue weighted by atomic mass is 10.1. The average molecular weight is 316 g/mol. The van der Waals surface area contributed by atoms with Gasteiger partial charge in [-0.05, 0) is 61.7 Å². The monoisotopic (exact) mass is 316 g/mol. The molecule has 1 aromatic rings. The van der Waals surface area contributed by atoms with Gasteiger partial charge >= 0.3 is 0 Å². The molecule has 0 radical (unpaired) electrons. The van der Waals surface area contributed by atoms with E-state index in [9.17, 15) is 4.79 Å². The van der Waals surface area contributed by atoms with Crippen molar-refractivity contribution in [2.75, 3.05) is 13.7 Å². The summed E-state index contributed by atoms with van der Waals surface area (Å²) in [5.74, 6) is 0.681. The number of thioether (sulfide) groups is 1. The third-order valence-electron chi connectivity index (χ3n) is 4.07. The number of piperidine rings is 1. The van der Waals surface area contributed by atoms with Gasteiger partial charge in [-0.15, -0.1) is 0 Å². The van der Waals surface area contributed by atoms with E-state index in [2.05, 4.69) is 16.8 Å². The lowest BCUT2D eigenvalue weighted by molar-refractivity contribution is -0.113. The first-order valence-corrected chi connectivity index (χ1v) is 8.42. The van der Waals surface area contributed by atoms with Crippen LogP contribution in [0.3, 0.4) is 0 Å². The van der Waals surface area contributed by atoms with Crippen LogP contribution in [0, 0.1) is 0 Å². The topological polar surface area (TPSA) is 41.9 Å².